The molecule has 84 valence electrons. The molecule has 4 atom stereocenters. The number of fused-ring (bicyclic) bond motifs is 2. The average Bonchev–Trinajstić information content (AvgIpc) is 2.86. The summed E-state index contributed by atoms with van der Waals surface area (Å²) in [5.74, 6) is 1.79. The zero-order chi connectivity index (χ0) is 9.88. The molecule has 0 N–H and O–H groups in total. The topological polar surface area (TPSA) is 21.8 Å². The van der Waals surface area contributed by atoms with Gasteiger partial charge in [0.15, 0.2) is 5.79 Å². The number of hydrogen-bond acceptors (Lipinski definition) is 2. The Morgan fingerprint density at radius 1 is 1.00 bits per heavy atom. The molecule has 1 spiro atoms. The molecule has 2 nitrogen and oxygen atoms in total. The molecular formula is C13H20O2. The Kier molecular flexibility index (Phi) is 1.79. The SMILES string of the molecule is C1CCC(CC2CCC34OC2C3O4)CC1. The third kappa shape index (κ3) is 1.24. The minimum Gasteiger partial charge on any atom is -0.341 e. The van der Waals surface area contributed by atoms with Gasteiger partial charge in [0.05, 0.1) is 6.10 Å². The van der Waals surface area contributed by atoms with Crippen LogP contribution in [0, 0.1) is 11.8 Å². The van der Waals surface area contributed by atoms with Gasteiger partial charge in [0.2, 0.25) is 0 Å². The summed E-state index contributed by atoms with van der Waals surface area (Å²) in [6, 6.07) is 0. The second kappa shape index (κ2) is 2.98. The summed E-state index contributed by atoms with van der Waals surface area (Å²) in [6.07, 6.45) is 12.3. The van der Waals surface area contributed by atoms with Crippen LogP contribution < -0.4 is 0 Å². The lowest BCUT2D eigenvalue weighted by Crippen LogP contribution is -2.53. The van der Waals surface area contributed by atoms with E-state index in [1.807, 2.05) is 0 Å². The third-order valence-electron chi connectivity index (χ3n) is 5.03. The fraction of sp³-hybridized carbons (Fsp3) is 1.00. The van der Waals surface area contributed by atoms with E-state index >= 15 is 0 Å². The Labute approximate surface area is 91.3 Å². The standard InChI is InChI=1S/C13H20O2/c1-2-4-9(5-3-1)8-10-6-7-13-12(15-13)11(10)14-13/h9-12H,1-8H2. The summed E-state index contributed by atoms with van der Waals surface area (Å²) < 4.78 is 11.5. The van der Waals surface area contributed by atoms with Crippen molar-refractivity contribution in [2.45, 2.75) is 69.4 Å². The largest absolute Gasteiger partial charge is 0.341 e. The first kappa shape index (κ1) is 9.00. The fourth-order valence-corrected chi connectivity index (χ4v) is 4.07. The molecular weight excluding hydrogens is 188 g/mol. The molecule has 2 bridgehead atoms. The van der Waals surface area contributed by atoms with Crippen LogP contribution in [-0.2, 0) is 9.47 Å². The van der Waals surface area contributed by atoms with Crippen molar-refractivity contribution < 1.29 is 9.47 Å². The van der Waals surface area contributed by atoms with Gasteiger partial charge >= 0.3 is 0 Å². The molecule has 0 aromatic rings. The Morgan fingerprint density at radius 3 is 2.60 bits per heavy atom. The van der Waals surface area contributed by atoms with Gasteiger partial charge in [-0.1, -0.05) is 32.1 Å². The first-order valence-electron chi connectivity index (χ1n) is 6.73. The molecule has 15 heavy (non-hydrogen) atoms. The first-order chi connectivity index (χ1) is 7.37. The summed E-state index contributed by atoms with van der Waals surface area (Å²) in [5, 5.41) is 0. The maximum absolute atomic E-state index is 5.87. The van der Waals surface area contributed by atoms with Crippen LogP contribution in [0.2, 0.25) is 0 Å². The Morgan fingerprint density at radius 2 is 1.87 bits per heavy atom. The van der Waals surface area contributed by atoms with Gasteiger partial charge in [0.25, 0.3) is 0 Å². The van der Waals surface area contributed by atoms with Crippen molar-refractivity contribution in [3.63, 3.8) is 0 Å². The highest BCUT2D eigenvalue weighted by Crippen LogP contribution is 2.62. The average molecular weight is 208 g/mol. The lowest BCUT2D eigenvalue weighted by Gasteiger charge is -2.43. The van der Waals surface area contributed by atoms with Gasteiger partial charge < -0.3 is 9.47 Å². The van der Waals surface area contributed by atoms with Gasteiger partial charge in [-0.25, -0.2) is 0 Å². The minimum absolute atomic E-state index is 0.0340. The highest BCUT2D eigenvalue weighted by atomic mass is 16.9. The van der Waals surface area contributed by atoms with Crippen LogP contribution in [-0.4, -0.2) is 18.0 Å². The molecule has 2 saturated carbocycles. The van der Waals surface area contributed by atoms with Crippen LogP contribution in [0.15, 0.2) is 0 Å². The summed E-state index contributed by atoms with van der Waals surface area (Å²) in [5.41, 5.74) is 0. The lowest BCUT2D eigenvalue weighted by atomic mass is 9.73. The fourth-order valence-electron chi connectivity index (χ4n) is 4.07. The van der Waals surface area contributed by atoms with Crippen LogP contribution >= 0.6 is 0 Å². The Balaban J connectivity index is 1.37. The van der Waals surface area contributed by atoms with Crippen LogP contribution in [0.5, 0.6) is 0 Å². The van der Waals surface area contributed by atoms with Crippen molar-refractivity contribution in [2.75, 3.05) is 0 Å². The van der Waals surface area contributed by atoms with Crippen molar-refractivity contribution in [3.05, 3.63) is 0 Å². The van der Waals surface area contributed by atoms with Crippen molar-refractivity contribution >= 4 is 0 Å². The van der Waals surface area contributed by atoms with E-state index in [1.54, 1.807) is 0 Å². The smallest absolute Gasteiger partial charge is 0.198 e. The highest BCUT2D eigenvalue weighted by molar-refractivity contribution is 5.15. The van der Waals surface area contributed by atoms with Crippen molar-refractivity contribution in [2.24, 2.45) is 11.8 Å². The van der Waals surface area contributed by atoms with Gasteiger partial charge in [0, 0.05) is 6.42 Å². The predicted octanol–water partition coefficient (Wildman–Crippen LogP) is 2.86. The van der Waals surface area contributed by atoms with E-state index in [0.29, 0.717) is 12.2 Å². The van der Waals surface area contributed by atoms with Crippen molar-refractivity contribution in [1.29, 1.82) is 0 Å². The molecule has 5 fully saturated rings. The van der Waals surface area contributed by atoms with Crippen LogP contribution in [0.3, 0.4) is 0 Å². The second-order valence-corrected chi connectivity index (χ2v) is 5.97. The maximum atomic E-state index is 5.87. The van der Waals surface area contributed by atoms with Gasteiger partial charge in [-0.3, -0.25) is 0 Å². The van der Waals surface area contributed by atoms with E-state index in [0.717, 1.165) is 11.8 Å². The summed E-state index contributed by atoms with van der Waals surface area (Å²) in [7, 11) is 0. The van der Waals surface area contributed by atoms with E-state index in [9.17, 15) is 0 Å². The molecule has 5 rings (SSSR count). The molecule has 2 aliphatic carbocycles. The minimum atomic E-state index is -0.0340. The summed E-state index contributed by atoms with van der Waals surface area (Å²) in [6.45, 7) is 0. The molecule has 3 aliphatic heterocycles. The lowest BCUT2D eigenvalue weighted by molar-refractivity contribution is -0.188. The van der Waals surface area contributed by atoms with Crippen LogP contribution in [0.1, 0.15) is 51.4 Å². The maximum Gasteiger partial charge on any atom is 0.198 e. The molecule has 0 amide bonds. The zero-order valence-corrected chi connectivity index (χ0v) is 9.28. The zero-order valence-electron chi connectivity index (χ0n) is 9.28. The van der Waals surface area contributed by atoms with Gasteiger partial charge in [0.1, 0.15) is 6.10 Å². The van der Waals surface area contributed by atoms with E-state index < -0.39 is 0 Å². The molecule has 3 saturated heterocycles. The van der Waals surface area contributed by atoms with E-state index in [4.69, 9.17) is 9.47 Å². The van der Waals surface area contributed by atoms with Gasteiger partial charge in [-0.15, -0.1) is 0 Å². The molecule has 0 aromatic heterocycles. The van der Waals surface area contributed by atoms with Crippen LogP contribution in [0.4, 0.5) is 0 Å². The molecule has 0 aromatic carbocycles. The van der Waals surface area contributed by atoms with E-state index in [-0.39, 0.29) is 5.79 Å². The predicted molar refractivity (Wildman–Crippen MR) is 56.4 cm³/mol. The van der Waals surface area contributed by atoms with Crippen molar-refractivity contribution in [3.8, 4) is 0 Å². The Hall–Kier alpha value is -0.0800. The normalized spacial score (nSPS) is 53.2. The van der Waals surface area contributed by atoms with E-state index in [2.05, 4.69) is 0 Å². The molecule has 0 radical (unpaired) electrons. The van der Waals surface area contributed by atoms with Crippen molar-refractivity contribution in [1.82, 2.24) is 0 Å². The summed E-state index contributed by atoms with van der Waals surface area (Å²) >= 11 is 0. The van der Waals surface area contributed by atoms with Crippen LogP contribution in [0.25, 0.3) is 0 Å². The molecule has 5 aliphatic rings. The number of ether oxygens (including phenoxy) is 2. The summed E-state index contributed by atoms with van der Waals surface area (Å²) in [4.78, 5) is 0. The monoisotopic (exact) mass is 208 g/mol. The number of hydrogen-bond donors (Lipinski definition) is 0. The molecule has 2 heteroatoms. The quantitative estimate of drug-likeness (QED) is 0.651. The first-order valence-corrected chi connectivity index (χ1v) is 6.73. The highest BCUT2D eigenvalue weighted by Gasteiger charge is 2.75. The molecule has 4 unspecified atom stereocenters. The number of rotatable bonds is 2. The molecule has 3 heterocycles. The van der Waals surface area contributed by atoms with E-state index in [1.165, 1.54) is 51.4 Å². The third-order valence-corrected chi connectivity index (χ3v) is 5.03. The number of epoxide rings is 1. The van der Waals surface area contributed by atoms with Gasteiger partial charge in [-0.2, -0.15) is 0 Å². The Bertz CT molecular complexity index is 268. The van der Waals surface area contributed by atoms with Gasteiger partial charge in [-0.05, 0) is 24.7 Å². The second-order valence-electron chi connectivity index (χ2n) is 5.97.